The predicted molar refractivity (Wildman–Crippen MR) is 146 cm³/mol. The van der Waals surface area contributed by atoms with Crippen molar-refractivity contribution in [2.75, 3.05) is 18.9 Å². The van der Waals surface area contributed by atoms with Gasteiger partial charge in [-0.25, -0.2) is 14.8 Å². The lowest BCUT2D eigenvalue weighted by Crippen LogP contribution is -2.17. The number of H-pyrrole nitrogens is 1. The third kappa shape index (κ3) is 5.90. The number of amides is 1. The van der Waals surface area contributed by atoms with Gasteiger partial charge in [-0.15, -0.1) is 0 Å². The molecule has 38 heavy (non-hydrogen) atoms. The predicted octanol–water partition coefficient (Wildman–Crippen LogP) is 5.05. The number of nitrogens with one attached hydrogen (secondary N) is 2. The molecule has 0 radical (unpaired) electrons. The number of fused-ring (bicyclic) bond motifs is 1. The summed E-state index contributed by atoms with van der Waals surface area (Å²) in [6.45, 7) is 1.11. The Balaban J connectivity index is 1.14. The van der Waals surface area contributed by atoms with Crippen LogP contribution in [0.15, 0.2) is 60.8 Å². The maximum absolute atomic E-state index is 12.8. The molecule has 0 bridgehead atoms. The van der Waals surface area contributed by atoms with Crippen LogP contribution in [0, 0.1) is 11.8 Å². The normalized spacial score (nSPS) is 15.2. The molecular weight excluding hydrogens is 478 g/mol. The number of rotatable bonds is 7. The smallest absolute Gasteiger partial charge is 0.354 e. The second-order valence-electron chi connectivity index (χ2n) is 9.54. The molecule has 4 heterocycles. The summed E-state index contributed by atoms with van der Waals surface area (Å²) in [5.74, 6) is 5.21. The summed E-state index contributed by atoms with van der Waals surface area (Å²) in [7, 11) is 2.15. The maximum atomic E-state index is 12.8. The summed E-state index contributed by atoms with van der Waals surface area (Å²) in [6.07, 6.45) is 6.46. The van der Waals surface area contributed by atoms with Crippen LogP contribution >= 0.6 is 0 Å². The molecule has 1 aromatic carbocycles. The minimum absolute atomic E-state index is 0.0111. The van der Waals surface area contributed by atoms with E-state index in [0.717, 1.165) is 42.3 Å². The highest BCUT2D eigenvalue weighted by atomic mass is 16.4. The van der Waals surface area contributed by atoms with Crippen LogP contribution in [-0.4, -0.2) is 50.4 Å². The Bertz CT molecular complexity index is 1530. The number of likely N-dealkylation sites (tertiary alicyclic amines) is 1. The van der Waals surface area contributed by atoms with Crippen LogP contribution in [0.25, 0.3) is 10.9 Å². The lowest BCUT2D eigenvalue weighted by molar-refractivity contribution is 0.0690. The Morgan fingerprint density at radius 1 is 1.18 bits per heavy atom. The molecule has 0 aliphatic carbocycles. The first-order chi connectivity index (χ1) is 18.5. The summed E-state index contributed by atoms with van der Waals surface area (Å²) in [5.41, 5.74) is 4.28. The lowest BCUT2D eigenvalue weighted by atomic mass is 10.1. The summed E-state index contributed by atoms with van der Waals surface area (Å²) in [5, 5.41) is 13.0. The SMILES string of the molecule is CN1CCC[C@@H]1c1cc2cnc(NC(=O)c3ccc(CCCC#Cc4cccc(C(=O)O)n4)cc3)cc2[nH]1. The number of aromatic carboxylic acids is 1. The van der Waals surface area contributed by atoms with Gasteiger partial charge in [0.1, 0.15) is 17.2 Å². The first-order valence-corrected chi connectivity index (χ1v) is 12.7. The lowest BCUT2D eigenvalue weighted by Gasteiger charge is -2.17. The molecule has 4 aromatic rings. The number of hydrogen-bond donors (Lipinski definition) is 3. The molecule has 0 saturated carbocycles. The van der Waals surface area contributed by atoms with Gasteiger partial charge in [-0.05, 0) is 81.1 Å². The first kappa shape index (κ1) is 25.2. The van der Waals surface area contributed by atoms with Crippen molar-refractivity contribution in [2.45, 2.75) is 38.1 Å². The minimum Gasteiger partial charge on any atom is -0.477 e. The molecule has 8 heteroatoms. The van der Waals surface area contributed by atoms with Crippen LogP contribution in [0.2, 0.25) is 0 Å². The second-order valence-corrected chi connectivity index (χ2v) is 9.54. The average molecular weight is 508 g/mol. The van der Waals surface area contributed by atoms with E-state index in [1.165, 1.54) is 18.2 Å². The minimum atomic E-state index is -1.06. The van der Waals surface area contributed by atoms with Crippen molar-refractivity contribution in [2.24, 2.45) is 0 Å². The van der Waals surface area contributed by atoms with Crippen LogP contribution in [-0.2, 0) is 6.42 Å². The second kappa shape index (κ2) is 11.3. The highest BCUT2D eigenvalue weighted by molar-refractivity contribution is 6.04. The van der Waals surface area contributed by atoms with Gasteiger partial charge in [-0.1, -0.05) is 24.1 Å². The monoisotopic (exact) mass is 507 g/mol. The molecule has 1 atom stereocenters. The number of unbranched alkanes of at least 4 members (excludes halogenated alkanes) is 1. The van der Waals surface area contributed by atoms with Crippen molar-refractivity contribution in [1.29, 1.82) is 0 Å². The fourth-order valence-corrected chi connectivity index (χ4v) is 4.77. The number of aromatic nitrogens is 3. The number of carboxylic acid groups (broad SMARTS) is 1. The van der Waals surface area contributed by atoms with Gasteiger partial charge in [0, 0.05) is 41.4 Å². The highest BCUT2D eigenvalue weighted by Crippen LogP contribution is 2.32. The number of aryl methyl sites for hydroxylation is 1. The molecule has 8 nitrogen and oxygen atoms in total. The molecule has 5 rings (SSSR count). The van der Waals surface area contributed by atoms with Gasteiger partial charge < -0.3 is 15.4 Å². The standard InChI is InChI=1S/C30H29N5O3/c1-35-16-6-11-27(35)26-17-22-19-31-28(18-25(22)33-26)34-29(36)21-14-12-20(13-15-21)7-3-2-4-8-23-9-5-10-24(32-23)30(37)38/h5,9-10,12-15,17-19,27,33H,2-3,6-7,11,16H2,1H3,(H,37,38)(H,31,34,36)/t27-/m1/s1. The number of hydrogen-bond acceptors (Lipinski definition) is 5. The zero-order valence-corrected chi connectivity index (χ0v) is 21.2. The molecule has 1 saturated heterocycles. The fraction of sp³-hybridized carbons (Fsp3) is 0.267. The third-order valence-electron chi connectivity index (χ3n) is 6.81. The molecule has 0 unspecified atom stereocenters. The fourth-order valence-electron chi connectivity index (χ4n) is 4.77. The summed E-state index contributed by atoms with van der Waals surface area (Å²) in [6, 6.07) is 16.8. The van der Waals surface area contributed by atoms with E-state index in [9.17, 15) is 9.59 Å². The van der Waals surface area contributed by atoms with E-state index in [2.05, 4.69) is 50.1 Å². The number of aromatic amines is 1. The summed E-state index contributed by atoms with van der Waals surface area (Å²) >= 11 is 0. The van der Waals surface area contributed by atoms with Gasteiger partial charge >= 0.3 is 5.97 Å². The average Bonchev–Trinajstić information content (AvgIpc) is 3.54. The zero-order chi connectivity index (χ0) is 26.5. The van der Waals surface area contributed by atoms with Crippen molar-refractivity contribution < 1.29 is 14.7 Å². The molecule has 1 aliphatic rings. The van der Waals surface area contributed by atoms with Crippen LogP contribution in [0.5, 0.6) is 0 Å². The number of benzene rings is 1. The topological polar surface area (TPSA) is 111 Å². The Kier molecular flexibility index (Phi) is 7.47. The van der Waals surface area contributed by atoms with Crippen molar-refractivity contribution in [1.82, 2.24) is 19.9 Å². The maximum Gasteiger partial charge on any atom is 0.354 e. The van der Waals surface area contributed by atoms with E-state index in [4.69, 9.17) is 5.11 Å². The van der Waals surface area contributed by atoms with Gasteiger partial charge in [-0.3, -0.25) is 9.69 Å². The van der Waals surface area contributed by atoms with Gasteiger partial charge in [0.2, 0.25) is 0 Å². The first-order valence-electron chi connectivity index (χ1n) is 12.7. The van der Waals surface area contributed by atoms with Gasteiger partial charge in [0.25, 0.3) is 5.91 Å². The number of nitrogens with zero attached hydrogens (tertiary/aromatic N) is 3. The van der Waals surface area contributed by atoms with Crippen molar-refractivity contribution in [3.8, 4) is 11.8 Å². The van der Waals surface area contributed by atoms with Crippen LogP contribution < -0.4 is 5.32 Å². The molecular formula is C30H29N5O3. The van der Waals surface area contributed by atoms with Crippen molar-refractivity contribution >= 4 is 28.6 Å². The Morgan fingerprint density at radius 3 is 2.79 bits per heavy atom. The summed E-state index contributed by atoms with van der Waals surface area (Å²) < 4.78 is 0. The Morgan fingerprint density at radius 2 is 2.03 bits per heavy atom. The van der Waals surface area contributed by atoms with Crippen LogP contribution in [0.1, 0.15) is 69.5 Å². The van der Waals surface area contributed by atoms with E-state index in [1.54, 1.807) is 18.3 Å². The largest absolute Gasteiger partial charge is 0.477 e. The Hall–Kier alpha value is -4.48. The molecule has 0 spiro atoms. The van der Waals surface area contributed by atoms with E-state index < -0.39 is 5.97 Å². The van der Waals surface area contributed by atoms with E-state index in [1.807, 2.05) is 30.3 Å². The van der Waals surface area contributed by atoms with E-state index >= 15 is 0 Å². The molecule has 1 aliphatic heterocycles. The summed E-state index contributed by atoms with van der Waals surface area (Å²) in [4.78, 5) is 38.1. The number of anilines is 1. The van der Waals surface area contributed by atoms with Crippen molar-refractivity contribution in [3.05, 3.63) is 89.0 Å². The van der Waals surface area contributed by atoms with Crippen LogP contribution in [0.4, 0.5) is 5.82 Å². The van der Waals surface area contributed by atoms with E-state index in [0.29, 0.717) is 29.5 Å². The number of carbonyl (C=O) groups excluding carboxylic acids is 1. The molecule has 3 aromatic heterocycles. The third-order valence-corrected chi connectivity index (χ3v) is 6.81. The van der Waals surface area contributed by atoms with Gasteiger partial charge in [-0.2, -0.15) is 0 Å². The molecule has 1 amide bonds. The molecule has 192 valence electrons. The Labute approximate surface area is 221 Å². The van der Waals surface area contributed by atoms with E-state index in [-0.39, 0.29) is 11.6 Å². The van der Waals surface area contributed by atoms with Gasteiger partial charge in [0.15, 0.2) is 0 Å². The molecule has 1 fully saturated rings. The zero-order valence-electron chi connectivity index (χ0n) is 21.2. The highest BCUT2D eigenvalue weighted by Gasteiger charge is 2.24. The number of carbonyl (C=O) groups is 2. The van der Waals surface area contributed by atoms with Crippen molar-refractivity contribution in [3.63, 3.8) is 0 Å². The number of carboxylic acids is 1. The molecule has 3 N–H and O–H groups in total. The van der Waals surface area contributed by atoms with Gasteiger partial charge in [0.05, 0.1) is 5.52 Å². The number of pyridine rings is 2. The van der Waals surface area contributed by atoms with Crippen LogP contribution in [0.3, 0.4) is 0 Å². The quantitative estimate of drug-likeness (QED) is 0.238.